The van der Waals surface area contributed by atoms with Crippen molar-refractivity contribution in [3.05, 3.63) is 45.9 Å². The number of benzene rings is 1. The third-order valence-corrected chi connectivity index (χ3v) is 8.30. The van der Waals surface area contributed by atoms with Crippen molar-refractivity contribution < 1.29 is 43.7 Å². The zero-order chi connectivity index (χ0) is 32.0. The van der Waals surface area contributed by atoms with Gasteiger partial charge in [-0.1, -0.05) is 13.3 Å². The molecule has 1 aromatic rings. The number of nitrogens with zero attached hydrogens (tertiary/aromatic N) is 2. The Morgan fingerprint density at radius 2 is 1.79 bits per heavy atom. The van der Waals surface area contributed by atoms with Gasteiger partial charge in [-0.05, 0) is 57.0 Å². The highest BCUT2D eigenvalue weighted by molar-refractivity contribution is 6.27. The average Bonchev–Trinajstić information content (AvgIpc) is 2.89. The number of Topliss-reactive ketones (excluding diaryl/α,β-unsaturated/α-hetero) is 2. The van der Waals surface area contributed by atoms with Gasteiger partial charge in [0.25, 0.3) is 5.91 Å². The second-order valence-corrected chi connectivity index (χ2v) is 11.7. The molecule has 0 heterocycles. The molecule has 12 nitrogen and oxygen atoms in total. The second-order valence-electron chi connectivity index (χ2n) is 11.7. The summed E-state index contributed by atoms with van der Waals surface area (Å²) >= 11 is 0. The van der Waals surface area contributed by atoms with E-state index in [2.05, 4.69) is 0 Å². The third-order valence-electron chi connectivity index (χ3n) is 8.30. The number of aliphatic hydroxyl groups excluding tert-OH is 1. The zero-order valence-corrected chi connectivity index (χ0v) is 25.6. The van der Waals surface area contributed by atoms with Crippen molar-refractivity contribution in [2.45, 2.75) is 58.1 Å². The molecule has 43 heavy (non-hydrogen) atoms. The molecule has 4 rings (SSSR count). The highest BCUT2D eigenvalue weighted by Gasteiger charge is 2.64. The first kappa shape index (κ1) is 31.9. The van der Waals surface area contributed by atoms with Crippen LogP contribution in [0.1, 0.15) is 56.0 Å². The van der Waals surface area contributed by atoms with E-state index in [-0.39, 0.29) is 23.3 Å². The Morgan fingerprint density at radius 1 is 1.12 bits per heavy atom. The van der Waals surface area contributed by atoms with E-state index < -0.39 is 64.2 Å². The van der Waals surface area contributed by atoms with Crippen LogP contribution >= 0.6 is 0 Å². The highest BCUT2D eigenvalue weighted by atomic mass is 16.5. The fraction of sp³-hybridized carbons (Fsp3) is 0.516. The molecule has 3 N–H and O–H groups in total. The number of amides is 2. The summed E-state index contributed by atoms with van der Waals surface area (Å²) in [7, 11) is 6.91. The predicted octanol–water partition coefficient (Wildman–Crippen LogP) is 1.84. The van der Waals surface area contributed by atoms with Crippen LogP contribution in [-0.4, -0.2) is 90.9 Å². The standard InChI is InChI=1S/C31H39N3O9/c1-8-9-12-42-21-11-10-20(33(4)5)18-13-17-14-19-25(34(6)7)27(43-16(3)36)24(30(40)32-15(2)35)29(39)31(19,41)28(38)22(17)26(37)23(18)21/h10-11,17,19,25,38,41H,8-9,12-14H2,1-7H3,(H,32,35,40). The van der Waals surface area contributed by atoms with Crippen molar-refractivity contribution in [3.63, 3.8) is 0 Å². The SMILES string of the molecule is CCCCOc1ccc(N(C)C)c2c1C(=O)C1=C(O)C3(O)C(=O)C(C(=O)NC(C)=O)=C(OC(C)=O)C(N(C)C)C3CC1C2. The van der Waals surface area contributed by atoms with E-state index in [9.17, 15) is 34.2 Å². The quantitative estimate of drug-likeness (QED) is 0.228. The van der Waals surface area contributed by atoms with Gasteiger partial charge >= 0.3 is 5.97 Å². The van der Waals surface area contributed by atoms with Crippen LogP contribution in [0.15, 0.2) is 34.8 Å². The van der Waals surface area contributed by atoms with Crippen LogP contribution in [-0.2, 0) is 30.3 Å². The summed E-state index contributed by atoms with van der Waals surface area (Å²) in [5, 5.41) is 25.9. The van der Waals surface area contributed by atoms with Crippen molar-refractivity contribution in [1.29, 1.82) is 0 Å². The summed E-state index contributed by atoms with van der Waals surface area (Å²) in [6, 6.07) is 2.51. The monoisotopic (exact) mass is 597 g/mol. The number of carbonyl (C=O) groups excluding carboxylic acids is 5. The highest BCUT2D eigenvalue weighted by Crippen LogP contribution is 2.53. The number of allylic oxidation sites excluding steroid dienone is 1. The summed E-state index contributed by atoms with van der Waals surface area (Å²) in [6.45, 7) is 4.55. The van der Waals surface area contributed by atoms with E-state index in [0.29, 0.717) is 18.8 Å². The van der Waals surface area contributed by atoms with Gasteiger partial charge in [-0.2, -0.15) is 0 Å². The third kappa shape index (κ3) is 5.33. The number of esters is 1. The van der Waals surface area contributed by atoms with Gasteiger partial charge in [-0.3, -0.25) is 34.2 Å². The van der Waals surface area contributed by atoms with Gasteiger partial charge in [-0.15, -0.1) is 0 Å². The number of likely N-dealkylation sites (N-methyl/N-ethyl adjacent to an activating group) is 1. The Balaban J connectivity index is 1.96. The molecule has 0 spiro atoms. The van der Waals surface area contributed by atoms with Gasteiger partial charge in [0.05, 0.1) is 18.2 Å². The van der Waals surface area contributed by atoms with Gasteiger partial charge in [-0.25, -0.2) is 0 Å². The van der Waals surface area contributed by atoms with Crippen molar-refractivity contribution in [1.82, 2.24) is 10.2 Å². The van der Waals surface area contributed by atoms with Crippen LogP contribution < -0.4 is 15.0 Å². The molecule has 4 unspecified atom stereocenters. The first-order chi connectivity index (χ1) is 20.2. The van der Waals surface area contributed by atoms with E-state index in [1.807, 2.05) is 37.3 Å². The Morgan fingerprint density at radius 3 is 2.35 bits per heavy atom. The predicted molar refractivity (Wildman–Crippen MR) is 156 cm³/mol. The Kier molecular flexibility index (Phi) is 8.85. The summed E-state index contributed by atoms with van der Waals surface area (Å²) in [5.41, 5.74) is -1.87. The minimum absolute atomic E-state index is 0.0375. The molecule has 3 aliphatic rings. The fourth-order valence-electron chi connectivity index (χ4n) is 6.53. The molecule has 0 aliphatic heterocycles. The number of carbonyl (C=O) groups is 5. The number of fused-ring (bicyclic) bond motifs is 3. The van der Waals surface area contributed by atoms with Crippen LogP contribution in [0.2, 0.25) is 0 Å². The maximum absolute atomic E-state index is 14.2. The van der Waals surface area contributed by atoms with E-state index in [1.165, 1.54) is 0 Å². The Hall–Kier alpha value is -4.03. The van der Waals surface area contributed by atoms with Crippen LogP contribution in [0.3, 0.4) is 0 Å². The van der Waals surface area contributed by atoms with Crippen LogP contribution in [0.5, 0.6) is 5.75 Å². The van der Waals surface area contributed by atoms with Crippen molar-refractivity contribution >= 4 is 35.0 Å². The van der Waals surface area contributed by atoms with Crippen LogP contribution in [0.25, 0.3) is 0 Å². The first-order valence-corrected chi connectivity index (χ1v) is 14.3. The Bertz CT molecular complexity index is 1460. The molecule has 1 aromatic carbocycles. The molecule has 0 radical (unpaired) electrons. The molecule has 0 saturated carbocycles. The number of rotatable bonds is 8. The van der Waals surface area contributed by atoms with Crippen molar-refractivity contribution in [2.24, 2.45) is 11.8 Å². The number of imide groups is 1. The molecule has 0 saturated heterocycles. The number of anilines is 1. The van der Waals surface area contributed by atoms with Crippen LogP contribution in [0.4, 0.5) is 5.69 Å². The van der Waals surface area contributed by atoms with E-state index in [1.54, 1.807) is 25.1 Å². The summed E-state index contributed by atoms with van der Waals surface area (Å²) in [4.78, 5) is 68.8. The first-order valence-electron chi connectivity index (χ1n) is 14.3. The molecule has 232 valence electrons. The average molecular weight is 598 g/mol. The van der Waals surface area contributed by atoms with Gasteiger partial charge in [0.1, 0.15) is 22.8 Å². The molecule has 3 aliphatic carbocycles. The molecule has 12 heteroatoms. The largest absolute Gasteiger partial charge is 0.508 e. The lowest BCUT2D eigenvalue weighted by Crippen LogP contribution is -2.64. The topological polar surface area (TPSA) is 163 Å². The van der Waals surface area contributed by atoms with E-state index >= 15 is 0 Å². The Labute approximate surface area is 250 Å². The van der Waals surface area contributed by atoms with E-state index in [0.717, 1.165) is 37.9 Å². The molecule has 0 aromatic heterocycles. The number of ether oxygens (including phenoxy) is 2. The summed E-state index contributed by atoms with van der Waals surface area (Å²) in [5.74, 6) is -7.25. The number of ketones is 2. The molecule has 4 atom stereocenters. The summed E-state index contributed by atoms with van der Waals surface area (Å²) < 4.78 is 11.4. The van der Waals surface area contributed by atoms with Crippen molar-refractivity contribution in [3.8, 4) is 5.75 Å². The molecular weight excluding hydrogens is 558 g/mol. The lowest BCUT2D eigenvalue weighted by Gasteiger charge is -2.50. The lowest BCUT2D eigenvalue weighted by atomic mass is 9.58. The fourth-order valence-corrected chi connectivity index (χ4v) is 6.53. The maximum atomic E-state index is 14.2. The number of unbranched alkanes of at least 4 members (excludes halogenated alkanes) is 1. The van der Waals surface area contributed by atoms with Gasteiger partial charge in [0, 0.05) is 45.1 Å². The summed E-state index contributed by atoms with van der Waals surface area (Å²) in [6.07, 6.45) is 1.98. The van der Waals surface area contributed by atoms with E-state index in [4.69, 9.17) is 9.47 Å². The molecular formula is C31H39N3O9. The number of hydrogen-bond acceptors (Lipinski definition) is 11. The maximum Gasteiger partial charge on any atom is 0.307 e. The minimum atomic E-state index is -2.72. The van der Waals surface area contributed by atoms with Gasteiger partial charge in [0.2, 0.25) is 11.7 Å². The lowest BCUT2D eigenvalue weighted by molar-refractivity contribution is -0.152. The van der Waals surface area contributed by atoms with Gasteiger partial charge < -0.3 is 24.6 Å². The normalized spacial score (nSPS) is 24.7. The second kappa shape index (κ2) is 11.9. The van der Waals surface area contributed by atoms with Crippen LogP contribution in [0, 0.1) is 11.8 Å². The zero-order valence-electron chi connectivity index (χ0n) is 25.6. The number of hydrogen-bond donors (Lipinski definition) is 3. The molecule has 0 bridgehead atoms. The van der Waals surface area contributed by atoms with Crippen molar-refractivity contribution in [2.75, 3.05) is 39.7 Å². The minimum Gasteiger partial charge on any atom is -0.508 e. The number of aliphatic hydroxyl groups is 2. The number of nitrogens with one attached hydrogen (secondary N) is 1. The molecule has 2 amide bonds. The smallest absolute Gasteiger partial charge is 0.307 e. The van der Waals surface area contributed by atoms with Gasteiger partial charge in [0.15, 0.2) is 11.4 Å². The molecule has 0 fully saturated rings.